The van der Waals surface area contributed by atoms with Gasteiger partial charge in [0.15, 0.2) is 6.04 Å². The van der Waals surface area contributed by atoms with E-state index < -0.39 is 0 Å². The van der Waals surface area contributed by atoms with Crippen molar-refractivity contribution in [1.82, 2.24) is 0 Å². The largest absolute Gasteiger partial charge is 0.314 e. The summed E-state index contributed by atoms with van der Waals surface area (Å²) in [6.45, 7) is 10.9. The van der Waals surface area contributed by atoms with Crippen molar-refractivity contribution in [1.29, 1.82) is 0 Å². The van der Waals surface area contributed by atoms with Crippen LogP contribution in [0.15, 0.2) is 18.2 Å². The zero-order valence-corrected chi connectivity index (χ0v) is 15.0. The Morgan fingerprint density at radius 1 is 1.09 bits per heavy atom. The van der Waals surface area contributed by atoms with Gasteiger partial charge in [0.05, 0.1) is 19.6 Å². The summed E-state index contributed by atoms with van der Waals surface area (Å²) in [5, 5.41) is 0. The minimum Gasteiger partial charge on any atom is -0.314 e. The molecule has 1 aromatic carbocycles. The van der Waals surface area contributed by atoms with Gasteiger partial charge in [-0.2, -0.15) is 0 Å². The average molecular weight is 315 g/mol. The number of anilines is 1. The Bertz CT molecular complexity index is 553. The van der Waals surface area contributed by atoms with Crippen molar-refractivity contribution in [3.8, 4) is 0 Å². The molecule has 1 atom stereocenters. The number of quaternary nitrogens is 1. The minimum atomic E-state index is 0.178. The molecular formula is C20H31N2O+. The molecule has 0 saturated carbocycles. The summed E-state index contributed by atoms with van der Waals surface area (Å²) in [5.74, 6) is 0.367. The molecule has 3 heteroatoms. The molecule has 2 aliphatic heterocycles. The number of likely N-dealkylation sites (tertiary alicyclic amines) is 1. The van der Waals surface area contributed by atoms with Crippen molar-refractivity contribution in [3.63, 3.8) is 0 Å². The maximum Gasteiger partial charge on any atom is 0.285 e. The summed E-state index contributed by atoms with van der Waals surface area (Å²) in [6, 6.07) is 6.51. The van der Waals surface area contributed by atoms with Crippen LogP contribution in [0.5, 0.6) is 0 Å². The summed E-state index contributed by atoms with van der Waals surface area (Å²) in [5.41, 5.74) is 3.60. The first-order valence-corrected chi connectivity index (χ1v) is 9.32. The minimum absolute atomic E-state index is 0.178. The standard InChI is InChI=1S/C20H31N2O/c1-4-22(14-7-5-6-8-15-22)18-12-13-21(20(18)23)19-16(2)10-9-11-17(19)3/h9-11,18H,4-8,12-15H2,1-3H3/q+1. The van der Waals surface area contributed by atoms with Crippen LogP contribution in [0.1, 0.15) is 50.2 Å². The van der Waals surface area contributed by atoms with Gasteiger partial charge in [0, 0.05) is 18.7 Å². The molecule has 23 heavy (non-hydrogen) atoms. The van der Waals surface area contributed by atoms with Crippen LogP contribution in [0.25, 0.3) is 0 Å². The van der Waals surface area contributed by atoms with E-state index in [1.165, 1.54) is 49.9 Å². The molecule has 2 aliphatic rings. The summed E-state index contributed by atoms with van der Waals surface area (Å²) in [6.07, 6.45) is 6.24. The number of rotatable bonds is 3. The van der Waals surface area contributed by atoms with E-state index in [9.17, 15) is 4.79 Å². The van der Waals surface area contributed by atoms with Crippen LogP contribution in [0.4, 0.5) is 5.69 Å². The number of carbonyl (C=O) groups is 1. The van der Waals surface area contributed by atoms with Crippen LogP contribution in [-0.4, -0.2) is 42.6 Å². The second-order valence-corrected chi connectivity index (χ2v) is 7.43. The molecular weight excluding hydrogens is 284 g/mol. The van der Waals surface area contributed by atoms with Crippen LogP contribution < -0.4 is 4.90 Å². The molecule has 0 aromatic heterocycles. The molecule has 126 valence electrons. The smallest absolute Gasteiger partial charge is 0.285 e. The maximum absolute atomic E-state index is 13.3. The third-order valence-electron chi connectivity index (χ3n) is 6.13. The lowest BCUT2D eigenvalue weighted by Crippen LogP contribution is -2.58. The topological polar surface area (TPSA) is 20.3 Å². The van der Waals surface area contributed by atoms with Gasteiger partial charge in [-0.3, -0.25) is 4.79 Å². The number of hydrogen-bond donors (Lipinski definition) is 0. The van der Waals surface area contributed by atoms with Crippen molar-refractivity contribution < 1.29 is 9.28 Å². The molecule has 1 unspecified atom stereocenters. The summed E-state index contributed by atoms with van der Waals surface area (Å²) >= 11 is 0. The lowest BCUT2D eigenvalue weighted by atomic mass is 10.1. The number of aryl methyl sites for hydroxylation is 2. The second kappa shape index (κ2) is 6.64. The molecule has 2 saturated heterocycles. The number of carbonyl (C=O) groups excluding carboxylic acids is 1. The zero-order valence-electron chi connectivity index (χ0n) is 15.0. The van der Waals surface area contributed by atoms with Crippen molar-refractivity contribution in [2.24, 2.45) is 0 Å². The first-order valence-electron chi connectivity index (χ1n) is 9.32. The molecule has 2 heterocycles. The van der Waals surface area contributed by atoms with Crippen LogP contribution in [0.2, 0.25) is 0 Å². The first kappa shape index (κ1) is 16.5. The Morgan fingerprint density at radius 3 is 2.26 bits per heavy atom. The Labute approximate surface area is 140 Å². The molecule has 2 fully saturated rings. The van der Waals surface area contributed by atoms with Crippen molar-refractivity contribution in [2.45, 2.75) is 58.9 Å². The Kier molecular flexibility index (Phi) is 4.77. The van der Waals surface area contributed by atoms with E-state index in [0.29, 0.717) is 5.91 Å². The second-order valence-electron chi connectivity index (χ2n) is 7.43. The number of likely N-dealkylation sites (N-methyl/N-ethyl adjacent to an activating group) is 1. The van der Waals surface area contributed by atoms with Gasteiger partial charge in [-0.1, -0.05) is 18.2 Å². The molecule has 1 amide bonds. The molecule has 3 nitrogen and oxygen atoms in total. The molecule has 3 rings (SSSR count). The molecule has 0 aliphatic carbocycles. The highest BCUT2D eigenvalue weighted by Gasteiger charge is 2.47. The number of benzene rings is 1. The number of amides is 1. The fraction of sp³-hybridized carbons (Fsp3) is 0.650. The lowest BCUT2D eigenvalue weighted by molar-refractivity contribution is -0.939. The SMILES string of the molecule is CC[N+]1(C2CCN(c3c(C)cccc3C)C2=O)CCCCCC1. The van der Waals surface area contributed by atoms with Gasteiger partial charge in [0.1, 0.15) is 0 Å². The van der Waals surface area contributed by atoms with E-state index in [1.807, 2.05) is 0 Å². The van der Waals surface area contributed by atoms with E-state index in [1.54, 1.807) is 0 Å². The van der Waals surface area contributed by atoms with Gasteiger partial charge >= 0.3 is 0 Å². The van der Waals surface area contributed by atoms with E-state index in [4.69, 9.17) is 0 Å². The fourth-order valence-electron chi connectivity index (χ4n) is 4.79. The predicted octanol–water partition coefficient (Wildman–Crippen LogP) is 3.82. The number of hydrogen-bond acceptors (Lipinski definition) is 1. The van der Waals surface area contributed by atoms with E-state index in [0.717, 1.165) is 29.7 Å². The number of nitrogens with zero attached hydrogens (tertiary/aromatic N) is 2. The summed E-state index contributed by atoms with van der Waals surface area (Å²) < 4.78 is 1.03. The normalized spacial score (nSPS) is 24.7. The van der Waals surface area contributed by atoms with Gasteiger partial charge in [0.25, 0.3) is 5.91 Å². The van der Waals surface area contributed by atoms with Gasteiger partial charge in [0.2, 0.25) is 0 Å². The summed E-state index contributed by atoms with van der Waals surface area (Å²) in [7, 11) is 0. The van der Waals surface area contributed by atoms with Crippen LogP contribution in [0.3, 0.4) is 0 Å². The summed E-state index contributed by atoms with van der Waals surface area (Å²) in [4.78, 5) is 15.4. The van der Waals surface area contributed by atoms with E-state index in [2.05, 4.69) is 43.9 Å². The van der Waals surface area contributed by atoms with Crippen molar-refractivity contribution in [2.75, 3.05) is 31.1 Å². The molecule has 0 N–H and O–H groups in total. The van der Waals surface area contributed by atoms with E-state index >= 15 is 0 Å². The molecule has 0 radical (unpaired) electrons. The van der Waals surface area contributed by atoms with Gasteiger partial charge in [-0.05, 0) is 57.6 Å². The third kappa shape index (κ3) is 2.91. The first-order chi connectivity index (χ1) is 11.1. The van der Waals surface area contributed by atoms with Crippen molar-refractivity contribution in [3.05, 3.63) is 29.3 Å². The third-order valence-corrected chi connectivity index (χ3v) is 6.13. The highest BCUT2D eigenvalue weighted by atomic mass is 16.2. The quantitative estimate of drug-likeness (QED) is 0.777. The molecule has 0 bridgehead atoms. The number of para-hydroxylation sites is 1. The van der Waals surface area contributed by atoms with Gasteiger partial charge in [-0.25, -0.2) is 0 Å². The van der Waals surface area contributed by atoms with Crippen LogP contribution in [-0.2, 0) is 4.79 Å². The monoisotopic (exact) mass is 315 g/mol. The van der Waals surface area contributed by atoms with Gasteiger partial charge in [-0.15, -0.1) is 0 Å². The maximum atomic E-state index is 13.3. The average Bonchev–Trinajstić information content (AvgIpc) is 2.77. The Morgan fingerprint density at radius 2 is 1.70 bits per heavy atom. The van der Waals surface area contributed by atoms with Crippen molar-refractivity contribution >= 4 is 11.6 Å². The lowest BCUT2D eigenvalue weighted by Gasteiger charge is -2.41. The van der Waals surface area contributed by atoms with Crippen LogP contribution >= 0.6 is 0 Å². The van der Waals surface area contributed by atoms with E-state index in [-0.39, 0.29) is 6.04 Å². The highest BCUT2D eigenvalue weighted by molar-refractivity contribution is 6.00. The van der Waals surface area contributed by atoms with Crippen LogP contribution in [0, 0.1) is 13.8 Å². The Hall–Kier alpha value is -1.35. The fourth-order valence-corrected chi connectivity index (χ4v) is 4.79. The molecule has 1 aromatic rings. The highest BCUT2D eigenvalue weighted by Crippen LogP contribution is 2.34. The zero-order chi connectivity index (χ0) is 16.4. The predicted molar refractivity (Wildman–Crippen MR) is 95.7 cm³/mol. The molecule has 0 spiro atoms. The Balaban J connectivity index is 1.89. The van der Waals surface area contributed by atoms with Gasteiger partial charge < -0.3 is 9.38 Å².